The molecule has 0 unspecified atom stereocenters. The fourth-order valence-electron chi connectivity index (χ4n) is 2.03. The van der Waals surface area contributed by atoms with Crippen molar-refractivity contribution in [1.29, 1.82) is 0 Å². The van der Waals surface area contributed by atoms with Crippen LogP contribution in [0.1, 0.15) is 25.1 Å². The van der Waals surface area contributed by atoms with Crippen LogP contribution in [0.25, 0.3) is 0 Å². The normalized spacial score (nSPS) is 18.7. The second-order valence-corrected chi connectivity index (χ2v) is 4.74. The molecule has 2 nitrogen and oxygen atoms in total. The van der Waals surface area contributed by atoms with E-state index in [1.54, 1.807) is 0 Å². The van der Waals surface area contributed by atoms with E-state index in [-0.39, 0.29) is 11.0 Å². The molecule has 2 rings (SSSR count). The zero-order valence-corrected chi connectivity index (χ0v) is 8.42. The molecule has 0 aliphatic carbocycles. The average molecular weight is 177 g/mol. The van der Waals surface area contributed by atoms with Gasteiger partial charge in [-0.1, -0.05) is 19.9 Å². The first kappa shape index (κ1) is 8.54. The van der Waals surface area contributed by atoms with E-state index in [0.717, 1.165) is 18.5 Å². The van der Waals surface area contributed by atoms with Crippen LogP contribution in [0, 0.1) is 12.3 Å². The number of fused-ring (bicyclic) bond motifs is 1. The van der Waals surface area contributed by atoms with Gasteiger partial charge in [0.25, 0.3) is 5.56 Å². The monoisotopic (exact) mass is 177 g/mol. The molecule has 0 radical (unpaired) electrons. The minimum atomic E-state index is 0.183. The third-order valence-electron chi connectivity index (χ3n) is 2.70. The number of aryl methyl sites for hydroxylation is 1. The molecule has 2 heteroatoms. The summed E-state index contributed by atoms with van der Waals surface area (Å²) in [6, 6.07) is 4.00. The molecule has 1 aromatic heterocycles. The van der Waals surface area contributed by atoms with Gasteiger partial charge in [-0.3, -0.25) is 4.79 Å². The van der Waals surface area contributed by atoms with Crippen LogP contribution in [-0.4, -0.2) is 4.57 Å². The van der Waals surface area contributed by atoms with Crippen molar-refractivity contribution >= 4 is 0 Å². The van der Waals surface area contributed by atoms with E-state index in [9.17, 15) is 4.79 Å². The molecule has 0 fully saturated rings. The Morgan fingerprint density at radius 2 is 2.08 bits per heavy atom. The van der Waals surface area contributed by atoms with Gasteiger partial charge in [0, 0.05) is 17.8 Å². The SMILES string of the molecule is Cc1ccc2n(c1=O)CC(C)(C)C2. The third-order valence-corrected chi connectivity index (χ3v) is 2.70. The molecule has 0 aromatic carbocycles. The molecule has 1 aliphatic heterocycles. The summed E-state index contributed by atoms with van der Waals surface area (Å²) in [6.45, 7) is 7.15. The van der Waals surface area contributed by atoms with Crippen molar-refractivity contribution in [2.24, 2.45) is 5.41 Å². The molecule has 0 N–H and O–H groups in total. The molecular formula is C11H15NO. The maximum Gasteiger partial charge on any atom is 0.253 e. The van der Waals surface area contributed by atoms with E-state index in [1.807, 2.05) is 17.6 Å². The molecule has 0 amide bonds. The number of aromatic nitrogens is 1. The standard InChI is InChI=1S/C11H15NO/c1-8-4-5-9-6-11(2,3)7-12(9)10(8)13/h4-5H,6-7H2,1-3H3. The van der Waals surface area contributed by atoms with Crippen LogP contribution >= 0.6 is 0 Å². The Hall–Kier alpha value is -1.05. The van der Waals surface area contributed by atoms with Gasteiger partial charge >= 0.3 is 0 Å². The number of nitrogens with zero attached hydrogens (tertiary/aromatic N) is 1. The van der Waals surface area contributed by atoms with E-state index in [4.69, 9.17) is 0 Å². The third kappa shape index (κ3) is 1.30. The summed E-state index contributed by atoms with van der Waals surface area (Å²) in [5.74, 6) is 0. The topological polar surface area (TPSA) is 22.0 Å². The quantitative estimate of drug-likeness (QED) is 0.591. The van der Waals surface area contributed by atoms with Crippen molar-refractivity contribution < 1.29 is 0 Å². The van der Waals surface area contributed by atoms with Gasteiger partial charge in [-0.2, -0.15) is 0 Å². The summed E-state index contributed by atoms with van der Waals surface area (Å²) in [7, 11) is 0. The Balaban J connectivity index is 2.59. The number of rotatable bonds is 0. The van der Waals surface area contributed by atoms with E-state index in [0.29, 0.717) is 0 Å². The summed E-state index contributed by atoms with van der Waals surface area (Å²) in [5, 5.41) is 0. The van der Waals surface area contributed by atoms with E-state index >= 15 is 0 Å². The second-order valence-electron chi connectivity index (χ2n) is 4.74. The lowest BCUT2D eigenvalue weighted by Gasteiger charge is -2.13. The van der Waals surface area contributed by atoms with Crippen LogP contribution in [0.2, 0.25) is 0 Å². The van der Waals surface area contributed by atoms with Crippen molar-refractivity contribution in [3.8, 4) is 0 Å². The molecule has 0 atom stereocenters. The maximum atomic E-state index is 11.7. The highest BCUT2D eigenvalue weighted by Gasteiger charge is 2.28. The predicted molar refractivity (Wildman–Crippen MR) is 52.9 cm³/mol. The largest absolute Gasteiger partial charge is 0.312 e. The first-order valence-electron chi connectivity index (χ1n) is 4.69. The lowest BCUT2D eigenvalue weighted by atomic mass is 9.91. The first-order valence-corrected chi connectivity index (χ1v) is 4.69. The zero-order chi connectivity index (χ0) is 9.64. The molecule has 70 valence electrons. The number of pyridine rings is 1. The van der Waals surface area contributed by atoms with Gasteiger partial charge in [0.05, 0.1) is 0 Å². The smallest absolute Gasteiger partial charge is 0.253 e. The summed E-state index contributed by atoms with van der Waals surface area (Å²) in [4.78, 5) is 11.7. The zero-order valence-electron chi connectivity index (χ0n) is 8.42. The van der Waals surface area contributed by atoms with Crippen LogP contribution < -0.4 is 5.56 Å². The van der Waals surface area contributed by atoms with Gasteiger partial charge in [0.15, 0.2) is 0 Å². The van der Waals surface area contributed by atoms with Crippen LogP contribution in [0.3, 0.4) is 0 Å². The molecule has 0 spiro atoms. The molecular weight excluding hydrogens is 162 g/mol. The summed E-state index contributed by atoms with van der Waals surface area (Å²) >= 11 is 0. The molecule has 0 bridgehead atoms. The predicted octanol–water partition coefficient (Wildman–Crippen LogP) is 1.74. The minimum absolute atomic E-state index is 0.183. The van der Waals surface area contributed by atoms with Gasteiger partial charge in [0.2, 0.25) is 0 Å². The highest BCUT2D eigenvalue weighted by atomic mass is 16.1. The maximum absolute atomic E-state index is 11.7. The summed E-state index contributed by atoms with van der Waals surface area (Å²) < 4.78 is 1.91. The Labute approximate surface area is 78.2 Å². The van der Waals surface area contributed by atoms with E-state index < -0.39 is 0 Å². The van der Waals surface area contributed by atoms with Crippen molar-refractivity contribution in [3.05, 3.63) is 33.7 Å². The first-order chi connectivity index (χ1) is 5.99. The van der Waals surface area contributed by atoms with Crippen molar-refractivity contribution in [2.45, 2.75) is 33.7 Å². The molecule has 0 saturated heterocycles. The Morgan fingerprint density at radius 1 is 1.38 bits per heavy atom. The van der Waals surface area contributed by atoms with Crippen LogP contribution in [0.5, 0.6) is 0 Å². The van der Waals surface area contributed by atoms with E-state index in [2.05, 4.69) is 19.9 Å². The molecule has 0 saturated carbocycles. The number of hydrogen-bond acceptors (Lipinski definition) is 1. The lowest BCUT2D eigenvalue weighted by Crippen LogP contribution is -2.23. The molecule has 2 heterocycles. The molecule has 1 aromatic rings. The highest BCUT2D eigenvalue weighted by Crippen LogP contribution is 2.29. The highest BCUT2D eigenvalue weighted by molar-refractivity contribution is 5.18. The molecule has 1 aliphatic rings. The van der Waals surface area contributed by atoms with Gasteiger partial charge in [-0.25, -0.2) is 0 Å². The van der Waals surface area contributed by atoms with Crippen molar-refractivity contribution in [1.82, 2.24) is 4.57 Å². The van der Waals surface area contributed by atoms with Gasteiger partial charge < -0.3 is 4.57 Å². The fourth-order valence-corrected chi connectivity index (χ4v) is 2.03. The van der Waals surface area contributed by atoms with E-state index in [1.165, 1.54) is 5.69 Å². The minimum Gasteiger partial charge on any atom is -0.312 e. The summed E-state index contributed by atoms with van der Waals surface area (Å²) in [5.41, 5.74) is 2.46. The van der Waals surface area contributed by atoms with Crippen LogP contribution in [-0.2, 0) is 13.0 Å². The molecule has 13 heavy (non-hydrogen) atoms. The second kappa shape index (κ2) is 2.47. The lowest BCUT2D eigenvalue weighted by molar-refractivity contribution is 0.357. The summed E-state index contributed by atoms with van der Waals surface area (Å²) in [6.07, 6.45) is 1.02. The van der Waals surface area contributed by atoms with Crippen LogP contribution in [0.15, 0.2) is 16.9 Å². The van der Waals surface area contributed by atoms with Gasteiger partial charge in [-0.05, 0) is 24.8 Å². The number of hydrogen-bond donors (Lipinski definition) is 0. The average Bonchev–Trinajstić information content (AvgIpc) is 2.34. The Kier molecular flexibility index (Phi) is 1.62. The Morgan fingerprint density at radius 3 is 2.77 bits per heavy atom. The van der Waals surface area contributed by atoms with Gasteiger partial charge in [0.1, 0.15) is 0 Å². The van der Waals surface area contributed by atoms with Crippen molar-refractivity contribution in [2.75, 3.05) is 0 Å². The fraction of sp³-hybridized carbons (Fsp3) is 0.545. The van der Waals surface area contributed by atoms with Crippen LogP contribution in [0.4, 0.5) is 0 Å². The van der Waals surface area contributed by atoms with Gasteiger partial charge in [-0.15, -0.1) is 0 Å². The Bertz CT molecular complexity index is 401. The van der Waals surface area contributed by atoms with Crippen molar-refractivity contribution in [3.63, 3.8) is 0 Å².